The molecule has 2 aromatic heterocycles. The molecule has 1 aliphatic rings. The Morgan fingerprint density at radius 3 is 2.71 bits per heavy atom. The van der Waals surface area contributed by atoms with Gasteiger partial charge in [0.2, 0.25) is 0 Å². The second kappa shape index (κ2) is 11.5. The minimum atomic E-state index is -0.603. The summed E-state index contributed by atoms with van der Waals surface area (Å²) in [4.78, 5) is 11.4. The summed E-state index contributed by atoms with van der Waals surface area (Å²) < 4.78 is 5.40. The van der Waals surface area contributed by atoms with Gasteiger partial charge in [0.25, 0.3) is 0 Å². The molecule has 1 aliphatic heterocycles. The van der Waals surface area contributed by atoms with Crippen molar-refractivity contribution in [1.82, 2.24) is 14.9 Å². The number of nitrogens with zero attached hydrogens (tertiary/aromatic N) is 3. The van der Waals surface area contributed by atoms with Gasteiger partial charge in [-0.1, -0.05) is 6.07 Å². The Morgan fingerprint density at radius 2 is 2.00 bits per heavy atom. The topological polar surface area (TPSA) is 78.7 Å². The van der Waals surface area contributed by atoms with Gasteiger partial charge in [-0.2, -0.15) is 0 Å². The highest BCUT2D eigenvalue weighted by Crippen LogP contribution is 2.39. The van der Waals surface area contributed by atoms with Crippen molar-refractivity contribution in [3.63, 3.8) is 0 Å². The second-order valence-electron chi connectivity index (χ2n) is 9.31. The smallest absolute Gasteiger partial charge is 0.119 e. The number of benzene rings is 1. The van der Waals surface area contributed by atoms with E-state index >= 15 is 0 Å². The number of pyridine rings is 2. The van der Waals surface area contributed by atoms with E-state index in [1.807, 2.05) is 55.7 Å². The van der Waals surface area contributed by atoms with Crippen molar-refractivity contribution in [1.29, 1.82) is 0 Å². The maximum absolute atomic E-state index is 11.2. The molecule has 0 spiro atoms. The van der Waals surface area contributed by atoms with Crippen LogP contribution in [0.25, 0.3) is 10.9 Å². The molecule has 3 heterocycles. The van der Waals surface area contributed by atoms with Gasteiger partial charge in [-0.25, -0.2) is 4.98 Å². The first-order chi connectivity index (χ1) is 16.5. The largest absolute Gasteiger partial charge is 0.497 e. The first-order valence-electron chi connectivity index (χ1n) is 12.0. The zero-order valence-electron chi connectivity index (χ0n) is 20.1. The van der Waals surface area contributed by atoms with Gasteiger partial charge in [-0.15, -0.1) is 11.8 Å². The molecule has 2 N–H and O–H groups in total. The summed E-state index contributed by atoms with van der Waals surface area (Å²) >= 11 is 1.79. The molecule has 0 bridgehead atoms. The van der Waals surface area contributed by atoms with Crippen molar-refractivity contribution in [2.45, 2.75) is 43.7 Å². The lowest BCUT2D eigenvalue weighted by Gasteiger charge is -2.41. The second-order valence-corrected chi connectivity index (χ2v) is 10.4. The normalized spacial score (nSPS) is 17.1. The molecule has 0 unspecified atom stereocenters. The number of aryl methyl sites for hydroxylation is 1. The summed E-state index contributed by atoms with van der Waals surface area (Å²) in [6.07, 6.45) is 6.38. The highest BCUT2D eigenvalue weighted by atomic mass is 32.2. The zero-order valence-corrected chi connectivity index (χ0v) is 20.9. The average molecular weight is 482 g/mol. The van der Waals surface area contributed by atoms with Crippen molar-refractivity contribution in [2.75, 3.05) is 39.1 Å². The van der Waals surface area contributed by atoms with Crippen LogP contribution >= 0.6 is 11.8 Å². The van der Waals surface area contributed by atoms with E-state index in [1.165, 1.54) is 0 Å². The lowest BCUT2D eigenvalue weighted by Crippen LogP contribution is -2.43. The Bertz CT molecular complexity index is 1070. The predicted molar refractivity (Wildman–Crippen MR) is 137 cm³/mol. The van der Waals surface area contributed by atoms with Crippen LogP contribution in [0, 0.1) is 12.3 Å². The number of hydrogen-bond acceptors (Lipinski definition) is 7. The molecule has 7 heteroatoms. The molecule has 3 aromatic rings. The van der Waals surface area contributed by atoms with E-state index in [4.69, 9.17) is 4.74 Å². The van der Waals surface area contributed by atoms with Crippen LogP contribution in [0.15, 0.2) is 53.8 Å². The van der Waals surface area contributed by atoms with Crippen LogP contribution in [-0.2, 0) is 0 Å². The van der Waals surface area contributed by atoms with Gasteiger partial charge in [0.15, 0.2) is 0 Å². The van der Waals surface area contributed by atoms with Gasteiger partial charge in [0.05, 0.1) is 23.8 Å². The molecule has 1 atom stereocenters. The number of aromatic nitrogens is 2. The lowest BCUT2D eigenvalue weighted by atomic mass is 9.74. The van der Waals surface area contributed by atoms with E-state index in [9.17, 15) is 10.2 Å². The Hall–Kier alpha value is -2.19. The molecular formula is C27H35N3O3S. The predicted octanol–water partition coefficient (Wildman–Crippen LogP) is 4.63. The molecule has 6 nitrogen and oxygen atoms in total. The summed E-state index contributed by atoms with van der Waals surface area (Å²) in [6, 6.07) is 11.8. The number of thioether (sulfide) groups is 1. The molecule has 182 valence electrons. The maximum Gasteiger partial charge on any atom is 0.119 e. The third-order valence-corrected chi connectivity index (χ3v) is 8.07. The number of hydrogen-bond donors (Lipinski definition) is 2. The molecule has 34 heavy (non-hydrogen) atoms. The molecule has 0 radical (unpaired) electrons. The monoisotopic (exact) mass is 481 g/mol. The lowest BCUT2D eigenvalue weighted by molar-refractivity contribution is 0.0254. The highest BCUT2D eigenvalue weighted by molar-refractivity contribution is 7.99. The van der Waals surface area contributed by atoms with Crippen LogP contribution in [-0.4, -0.2) is 64.2 Å². The van der Waals surface area contributed by atoms with E-state index in [1.54, 1.807) is 18.9 Å². The van der Waals surface area contributed by atoms with Gasteiger partial charge in [-0.3, -0.25) is 4.98 Å². The van der Waals surface area contributed by atoms with Gasteiger partial charge >= 0.3 is 0 Å². The van der Waals surface area contributed by atoms with E-state index in [0.717, 1.165) is 77.5 Å². The maximum atomic E-state index is 11.2. The summed E-state index contributed by atoms with van der Waals surface area (Å²) in [7, 11) is 1.65. The van der Waals surface area contributed by atoms with E-state index < -0.39 is 6.10 Å². The molecule has 0 aliphatic carbocycles. The SMILES string of the molecule is COc1ccc2ncc(C)c([C@@H](O)CCC3(CO)CCN(CCSc4ccccn4)CC3)c2c1. The summed E-state index contributed by atoms with van der Waals surface area (Å²) in [6.45, 7) is 5.14. The Labute approximate surface area is 206 Å². The number of rotatable bonds is 10. The number of piperidine rings is 1. The van der Waals surface area contributed by atoms with Gasteiger partial charge in [0, 0.05) is 36.7 Å². The minimum Gasteiger partial charge on any atom is -0.497 e. The fraction of sp³-hybridized carbons (Fsp3) is 0.481. The van der Waals surface area contributed by atoms with Crippen LogP contribution in [0.3, 0.4) is 0 Å². The number of likely N-dealkylation sites (tertiary alicyclic amines) is 1. The number of ether oxygens (including phenoxy) is 1. The number of methoxy groups -OCH3 is 1. The quantitative estimate of drug-likeness (QED) is 0.409. The van der Waals surface area contributed by atoms with Crippen molar-refractivity contribution in [2.24, 2.45) is 5.41 Å². The Balaban J connectivity index is 1.34. The average Bonchev–Trinajstić information content (AvgIpc) is 2.88. The molecule has 1 fully saturated rings. The first kappa shape index (κ1) is 24.9. The van der Waals surface area contributed by atoms with E-state index in [-0.39, 0.29) is 12.0 Å². The van der Waals surface area contributed by atoms with E-state index in [0.29, 0.717) is 6.42 Å². The fourth-order valence-corrected chi connectivity index (χ4v) is 5.77. The summed E-state index contributed by atoms with van der Waals surface area (Å²) in [5.41, 5.74) is 2.63. The van der Waals surface area contributed by atoms with Crippen LogP contribution in [0.1, 0.15) is 42.9 Å². The number of aliphatic hydroxyl groups is 2. The van der Waals surface area contributed by atoms with Crippen LogP contribution in [0.2, 0.25) is 0 Å². The summed E-state index contributed by atoms with van der Waals surface area (Å²) in [5, 5.41) is 23.5. The van der Waals surface area contributed by atoms with E-state index in [2.05, 4.69) is 14.9 Å². The van der Waals surface area contributed by atoms with Crippen molar-refractivity contribution in [3.8, 4) is 5.75 Å². The highest BCUT2D eigenvalue weighted by Gasteiger charge is 2.34. The van der Waals surface area contributed by atoms with Crippen molar-refractivity contribution >= 4 is 22.7 Å². The number of aliphatic hydroxyl groups excluding tert-OH is 2. The molecule has 0 amide bonds. The first-order valence-corrected chi connectivity index (χ1v) is 13.0. The molecule has 1 saturated heterocycles. The molecule has 0 saturated carbocycles. The van der Waals surface area contributed by atoms with Crippen LogP contribution in [0.4, 0.5) is 0 Å². The van der Waals surface area contributed by atoms with Crippen LogP contribution < -0.4 is 4.74 Å². The standard InChI is InChI=1S/C27H35N3O3S/c1-20-18-29-23-7-6-21(33-2)17-22(23)26(20)24(32)8-9-27(19-31)10-13-30(14-11-27)15-16-34-25-5-3-4-12-28-25/h3-7,12,17-18,24,31-32H,8-11,13-16,19H2,1-2H3/t24-/m0/s1. The Kier molecular flexibility index (Phi) is 8.42. The zero-order chi connectivity index (χ0) is 24.0. The van der Waals surface area contributed by atoms with Gasteiger partial charge in [0.1, 0.15) is 5.75 Å². The van der Waals surface area contributed by atoms with Gasteiger partial charge < -0.3 is 19.8 Å². The van der Waals surface area contributed by atoms with Crippen molar-refractivity contribution in [3.05, 3.63) is 59.9 Å². The molecule has 1 aromatic carbocycles. The van der Waals surface area contributed by atoms with Crippen molar-refractivity contribution < 1.29 is 14.9 Å². The Morgan fingerprint density at radius 1 is 1.18 bits per heavy atom. The fourth-order valence-electron chi connectivity index (χ4n) is 4.90. The van der Waals surface area contributed by atoms with Crippen LogP contribution in [0.5, 0.6) is 5.75 Å². The molecule has 4 rings (SSSR count). The third kappa shape index (κ3) is 5.89. The third-order valence-electron chi connectivity index (χ3n) is 7.14. The minimum absolute atomic E-state index is 0.125. The van der Waals surface area contributed by atoms with Gasteiger partial charge in [-0.05, 0) is 92.6 Å². The number of fused-ring (bicyclic) bond motifs is 1. The summed E-state index contributed by atoms with van der Waals surface area (Å²) in [5.74, 6) is 1.77. The molecular weight excluding hydrogens is 446 g/mol.